The maximum atomic E-state index is 13.4. The minimum Gasteiger partial charge on any atom is -0.494 e. The minimum atomic E-state index is -3.79. The summed E-state index contributed by atoms with van der Waals surface area (Å²) in [5, 5.41) is -0.953. The summed E-state index contributed by atoms with van der Waals surface area (Å²) in [5.41, 5.74) is 1.24. The number of sulfone groups is 2. The highest BCUT2D eigenvalue weighted by Gasteiger charge is 2.48. The van der Waals surface area contributed by atoms with Crippen molar-refractivity contribution >= 4 is 19.7 Å². The van der Waals surface area contributed by atoms with Crippen molar-refractivity contribution in [2.24, 2.45) is 0 Å². The molecule has 4 rings (SSSR count). The molecule has 0 bridgehead atoms. The SMILES string of the molecule is CCOc1ccc(S(=O)(=O)[C@H]2CS(=O)(=O)C[C@@H]2N2CCN(Cc3ccccc3)CC2)cc1. The van der Waals surface area contributed by atoms with Gasteiger partial charge in [-0.1, -0.05) is 30.3 Å². The Balaban J connectivity index is 1.48. The van der Waals surface area contributed by atoms with Crippen molar-refractivity contribution in [2.75, 3.05) is 44.3 Å². The third kappa shape index (κ3) is 5.17. The smallest absolute Gasteiger partial charge is 0.183 e. The van der Waals surface area contributed by atoms with Gasteiger partial charge in [0.1, 0.15) is 5.75 Å². The molecule has 0 spiro atoms. The van der Waals surface area contributed by atoms with E-state index in [1.54, 1.807) is 12.1 Å². The zero-order valence-electron chi connectivity index (χ0n) is 18.3. The fourth-order valence-electron chi connectivity index (χ4n) is 4.60. The normalized spacial score (nSPS) is 24.4. The lowest BCUT2D eigenvalue weighted by Gasteiger charge is -2.39. The first-order valence-electron chi connectivity index (χ1n) is 11.0. The summed E-state index contributed by atoms with van der Waals surface area (Å²) in [6, 6.07) is 16.0. The van der Waals surface area contributed by atoms with Crippen LogP contribution < -0.4 is 4.74 Å². The average molecular weight is 479 g/mol. The lowest BCUT2D eigenvalue weighted by molar-refractivity contribution is 0.101. The summed E-state index contributed by atoms with van der Waals surface area (Å²) in [6.45, 7) is 6.06. The number of benzene rings is 2. The quantitative estimate of drug-likeness (QED) is 0.600. The van der Waals surface area contributed by atoms with E-state index in [1.807, 2.05) is 25.1 Å². The van der Waals surface area contributed by atoms with Crippen LogP contribution in [0.5, 0.6) is 5.75 Å². The van der Waals surface area contributed by atoms with Crippen LogP contribution >= 0.6 is 0 Å². The maximum Gasteiger partial charge on any atom is 0.183 e. The molecule has 2 aliphatic heterocycles. The van der Waals surface area contributed by atoms with Crippen molar-refractivity contribution in [3.63, 3.8) is 0 Å². The van der Waals surface area contributed by atoms with Crippen LogP contribution in [0.4, 0.5) is 0 Å². The average Bonchev–Trinajstić information content (AvgIpc) is 3.12. The fraction of sp³-hybridized carbons (Fsp3) is 0.478. The number of hydrogen-bond acceptors (Lipinski definition) is 7. The van der Waals surface area contributed by atoms with Crippen molar-refractivity contribution in [1.29, 1.82) is 0 Å². The van der Waals surface area contributed by atoms with E-state index in [0.29, 0.717) is 25.4 Å². The first-order chi connectivity index (χ1) is 15.3. The molecule has 0 aliphatic carbocycles. The van der Waals surface area contributed by atoms with Crippen LogP contribution in [0.2, 0.25) is 0 Å². The highest BCUT2D eigenvalue weighted by Crippen LogP contribution is 2.30. The van der Waals surface area contributed by atoms with E-state index in [1.165, 1.54) is 17.7 Å². The summed E-state index contributed by atoms with van der Waals surface area (Å²) < 4.78 is 57.2. The Bertz CT molecular complexity index is 1110. The third-order valence-electron chi connectivity index (χ3n) is 6.26. The van der Waals surface area contributed by atoms with E-state index < -0.39 is 31.0 Å². The highest BCUT2D eigenvalue weighted by atomic mass is 32.2. The Morgan fingerprint density at radius 3 is 2.22 bits per heavy atom. The number of ether oxygens (including phenoxy) is 1. The molecule has 2 saturated heterocycles. The predicted molar refractivity (Wildman–Crippen MR) is 124 cm³/mol. The van der Waals surface area contributed by atoms with Crippen LogP contribution in [-0.4, -0.2) is 82.2 Å². The second-order valence-corrected chi connectivity index (χ2v) is 12.8. The van der Waals surface area contributed by atoms with Crippen LogP contribution in [0.25, 0.3) is 0 Å². The molecule has 0 aromatic heterocycles. The van der Waals surface area contributed by atoms with Gasteiger partial charge in [0.05, 0.1) is 28.3 Å². The molecule has 0 saturated carbocycles. The van der Waals surface area contributed by atoms with Gasteiger partial charge in [0.25, 0.3) is 0 Å². The molecule has 2 fully saturated rings. The lowest BCUT2D eigenvalue weighted by Crippen LogP contribution is -2.54. The van der Waals surface area contributed by atoms with E-state index in [4.69, 9.17) is 4.74 Å². The Morgan fingerprint density at radius 1 is 0.938 bits per heavy atom. The van der Waals surface area contributed by atoms with Gasteiger partial charge in [-0.05, 0) is 36.8 Å². The first-order valence-corrected chi connectivity index (χ1v) is 14.3. The molecule has 2 aromatic carbocycles. The van der Waals surface area contributed by atoms with Crippen LogP contribution in [0.3, 0.4) is 0 Å². The Morgan fingerprint density at radius 2 is 1.59 bits per heavy atom. The topological polar surface area (TPSA) is 84.0 Å². The number of hydrogen-bond donors (Lipinski definition) is 0. The van der Waals surface area contributed by atoms with Crippen molar-refractivity contribution < 1.29 is 21.6 Å². The Labute approximate surface area is 190 Å². The zero-order valence-corrected chi connectivity index (χ0v) is 19.9. The first kappa shape index (κ1) is 23.2. The van der Waals surface area contributed by atoms with Gasteiger partial charge < -0.3 is 4.74 Å². The maximum absolute atomic E-state index is 13.4. The van der Waals surface area contributed by atoms with Gasteiger partial charge in [0.2, 0.25) is 0 Å². The fourth-order valence-corrected chi connectivity index (χ4v) is 9.43. The molecule has 9 heteroatoms. The molecule has 174 valence electrons. The van der Waals surface area contributed by atoms with E-state index in [9.17, 15) is 16.8 Å². The van der Waals surface area contributed by atoms with Crippen LogP contribution in [0.1, 0.15) is 12.5 Å². The van der Waals surface area contributed by atoms with Gasteiger partial charge >= 0.3 is 0 Å². The molecule has 2 aliphatic rings. The minimum absolute atomic E-state index is 0.105. The van der Waals surface area contributed by atoms with Crippen molar-refractivity contribution in [1.82, 2.24) is 9.80 Å². The molecular weight excluding hydrogens is 448 g/mol. The van der Waals surface area contributed by atoms with Gasteiger partial charge in [-0.2, -0.15) is 0 Å². The molecule has 2 heterocycles. The lowest BCUT2D eigenvalue weighted by atomic mass is 10.1. The second kappa shape index (κ2) is 9.51. The molecule has 0 unspecified atom stereocenters. The van der Waals surface area contributed by atoms with Crippen LogP contribution in [0, 0.1) is 0 Å². The second-order valence-electron chi connectivity index (χ2n) is 8.43. The molecule has 0 N–H and O–H groups in total. The molecule has 2 aromatic rings. The third-order valence-corrected chi connectivity index (χ3v) is 10.4. The van der Waals surface area contributed by atoms with E-state index in [0.717, 1.165) is 19.6 Å². The highest BCUT2D eigenvalue weighted by molar-refractivity contribution is 7.96. The van der Waals surface area contributed by atoms with Gasteiger partial charge in [0, 0.05) is 38.8 Å². The standard InChI is InChI=1S/C23H30N2O5S2/c1-2-30-20-8-10-21(11-9-20)32(28,29)23-18-31(26,27)17-22(23)25-14-12-24(13-15-25)16-19-6-4-3-5-7-19/h3-11,22-23H,2,12-18H2,1H3/t22-,23-/m0/s1. The molecular formula is C23H30N2O5S2. The van der Waals surface area contributed by atoms with Gasteiger partial charge in [-0.3, -0.25) is 9.80 Å². The van der Waals surface area contributed by atoms with Gasteiger partial charge in [0.15, 0.2) is 19.7 Å². The monoisotopic (exact) mass is 478 g/mol. The summed E-state index contributed by atoms with van der Waals surface area (Å²) in [7, 11) is -7.22. The Kier molecular flexibility index (Phi) is 6.90. The number of nitrogens with zero attached hydrogens (tertiary/aromatic N) is 2. The van der Waals surface area contributed by atoms with Gasteiger partial charge in [-0.15, -0.1) is 0 Å². The van der Waals surface area contributed by atoms with Crippen LogP contribution in [-0.2, 0) is 26.2 Å². The van der Waals surface area contributed by atoms with Crippen molar-refractivity contribution in [2.45, 2.75) is 29.7 Å². The Hall–Kier alpha value is -1.94. The van der Waals surface area contributed by atoms with Crippen molar-refractivity contribution in [3.8, 4) is 5.75 Å². The largest absolute Gasteiger partial charge is 0.494 e. The van der Waals surface area contributed by atoms with Crippen molar-refractivity contribution in [3.05, 3.63) is 60.2 Å². The number of piperazine rings is 1. The summed E-state index contributed by atoms with van der Waals surface area (Å²) >= 11 is 0. The molecule has 2 atom stereocenters. The van der Waals surface area contributed by atoms with E-state index >= 15 is 0 Å². The summed E-state index contributed by atoms with van der Waals surface area (Å²) in [4.78, 5) is 4.53. The molecule has 7 nitrogen and oxygen atoms in total. The zero-order chi connectivity index (χ0) is 22.8. The summed E-state index contributed by atoms with van der Waals surface area (Å²) in [6.07, 6.45) is 0. The molecule has 32 heavy (non-hydrogen) atoms. The molecule has 0 radical (unpaired) electrons. The van der Waals surface area contributed by atoms with Gasteiger partial charge in [-0.25, -0.2) is 16.8 Å². The van der Waals surface area contributed by atoms with E-state index in [-0.39, 0.29) is 16.4 Å². The predicted octanol–water partition coefficient (Wildman–Crippen LogP) is 1.84. The van der Waals surface area contributed by atoms with E-state index in [2.05, 4.69) is 21.9 Å². The number of rotatable bonds is 7. The molecule has 0 amide bonds. The van der Waals surface area contributed by atoms with Crippen LogP contribution in [0.15, 0.2) is 59.5 Å². The summed E-state index contributed by atoms with van der Waals surface area (Å²) in [5.74, 6) is 0.168.